The lowest BCUT2D eigenvalue weighted by molar-refractivity contribution is 0.249. The molecule has 2 unspecified atom stereocenters. The maximum Gasteiger partial charge on any atom is 0.230 e. The van der Waals surface area contributed by atoms with E-state index in [4.69, 9.17) is 10.3 Å². The summed E-state index contributed by atoms with van der Waals surface area (Å²) in [6.07, 6.45) is 4.74. The Labute approximate surface area is 133 Å². The summed E-state index contributed by atoms with van der Waals surface area (Å²) in [5, 5.41) is 4.18. The van der Waals surface area contributed by atoms with Crippen molar-refractivity contribution in [3.8, 4) is 11.4 Å². The number of hydrogen-bond acceptors (Lipinski definition) is 4. The van der Waals surface area contributed by atoms with E-state index >= 15 is 0 Å². The molecule has 1 heterocycles. The Kier molecular flexibility index (Phi) is 4.40. The zero-order valence-corrected chi connectivity index (χ0v) is 13.8. The van der Waals surface area contributed by atoms with E-state index in [9.17, 15) is 0 Å². The lowest BCUT2D eigenvalue weighted by Crippen LogP contribution is -2.25. The molecule has 1 saturated carbocycles. The van der Waals surface area contributed by atoms with Gasteiger partial charge in [-0.15, -0.1) is 0 Å². The standard InChI is InChI=1S/C16H20BrN3O/c1-10-8-12(17)6-7-13(10)15-19-16(21-20-15)14-5-3-2-4-11(14)9-18/h6-8,11,14H,2-5,9,18H2,1H3. The van der Waals surface area contributed by atoms with Crippen LogP contribution in [0.2, 0.25) is 0 Å². The lowest BCUT2D eigenvalue weighted by atomic mass is 9.79. The number of benzene rings is 1. The second kappa shape index (κ2) is 6.28. The molecule has 1 aliphatic carbocycles. The zero-order chi connectivity index (χ0) is 14.8. The van der Waals surface area contributed by atoms with Gasteiger partial charge >= 0.3 is 0 Å². The molecule has 21 heavy (non-hydrogen) atoms. The third kappa shape index (κ3) is 3.04. The molecule has 0 bridgehead atoms. The summed E-state index contributed by atoms with van der Waals surface area (Å²) in [7, 11) is 0. The highest BCUT2D eigenvalue weighted by molar-refractivity contribution is 9.10. The van der Waals surface area contributed by atoms with Crippen molar-refractivity contribution >= 4 is 15.9 Å². The number of hydrogen-bond donors (Lipinski definition) is 1. The SMILES string of the molecule is Cc1cc(Br)ccc1-c1noc(C2CCCCC2CN)n1. The average molecular weight is 350 g/mol. The average Bonchev–Trinajstić information content (AvgIpc) is 2.96. The smallest absolute Gasteiger partial charge is 0.230 e. The summed E-state index contributed by atoms with van der Waals surface area (Å²) < 4.78 is 6.61. The van der Waals surface area contributed by atoms with E-state index in [0.29, 0.717) is 24.2 Å². The number of halogens is 1. The van der Waals surface area contributed by atoms with Gasteiger partial charge in [-0.3, -0.25) is 0 Å². The van der Waals surface area contributed by atoms with Crippen molar-refractivity contribution < 1.29 is 4.52 Å². The van der Waals surface area contributed by atoms with Gasteiger partial charge in [-0.1, -0.05) is 33.9 Å². The molecule has 0 amide bonds. The lowest BCUT2D eigenvalue weighted by Gasteiger charge is -2.27. The van der Waals surface area contributed by atoms with E-state index in [-0.39, 0.29) is 0 Å². The molecular weight excluding hydrogens is 330 g/mol. The van der Waals surface area contributed by atoms with Crippen LogP contribution in [0, 0.1) is 12.8 Å². The van der Waals surface area contributed by atoms with E-state index in [1.54, 1.807) is 0 Å². The quantitative estimate of drug-likeness (QED) is 0.907. The van der Waals surface area contributed by atoms with Gasteiger partial charge in [0.1, 0.15) is 0 Å². The van der Waals surface area contributed by atoms with Crippen LogP contribution < -0.4 is 5.73 Å². The third-order valence-electron chi connectivity index (χ3n) is 4.40. The van der Waals surface area contributed by atoms with Gasteiger partial charge in [-0.25, -0.2) is 0 Å². The molecule has 2 atom stereocenters. The van der Waals surface area contributed by atoms with Crippen molar-refractivity contribution in [3.63, 3.8) is 0 Å². The van der Waals surface area contributed by atoms with Crippen LogP contribution in [0.1, 0.15) is 43.1 Å². The highest BCUT2D eigenvalue weighted by atomic mass is 79.9. The minimum atomic E-state index is 0.320. The minimum Gasteiger partial charge on any atom is -0.339 e. The van der Waals surface area contributed by atoms with Crippen molar-refractivity contribution in [1.29, 1.82) is 0 Å². The van der Waals surface area contributed by atoms with E-state index in [0.717, 1.165) is 34.3 Å². The Morgan fingerprint density at radius 1 is 1.33 bits per heavy atom. The van der Waals surface area contributed by atoms with E-state index < -0.39 is 0 Å². The molecule has 2 aromatic rings. The van der Waals surface area contributed by atoms with Gasteiger partial charge < -0.3 is 10.3 Å². The van der Waals surface area contributed by atoms with Gasteiger partial charge in [0.05, 0.1) is 0 Å². The topological polar surface area (TPSA) is 64.9 Å². The number of rotatable bonds is 3. The number of aryl methyl sites for hydroxylation is 1. The molecule has 4 nitrogen and oxygen atoms in total. The Morgan fingerprint density at radius 3 is 2.90 bits per heavy atom. The zero-order valence-electron chi connectivity index (χ0n) is 12.2. The predicted octanol–water partition coefficient (Wildman–Crippen LogP) is 4.04. The van der Waals surface area contributed by atoms with E-state index in [1.807, 2.05) is 12.1 Å². The van der Waals surface area contributed by atoms with Crippen LogP contribution in [0.3, 0.4) is 0 Å². The number of nitrogens with two attached hydrogens (primary N) is 1. The van der Waals surface area contributed by atoms with Crippen LogP contribution in [0.15, 0.2) is 27.2 Å². The van der Waals surface area contributed by atoms with Crippen LogP contribution in [0.25, 0.3) is 11.4 Å². The third-order valence-corrected chi connectivity index (χ3v) is 4.89. The van der Waals surface area contributed by atoms with Gasteiger partial charge in [0.2, 0.25) is 11.7 Å². The molecule has 1 fully saturated rings. The fourth-order valence-electron chi connectivity index (χ4n) is 3.19. The Bertz CT molecular complexity index is 626. The molecule has 0 radical (unpaired) electrons. The van der Waals surface area contributed by atoms with Crippen molar-refractivity contribution in [3.05, 3.63) is 34.1 Å². The fourth-order valence-corrected chi connectivity index (χ4v) is 3.66. The Morgan fingerprint density at radius 2 is 2.14 bits per heavy atom. The molecule has 1 aromatic heterocycles. The summed E-state index contributed by atoms with van der Waals surface area (Å²) in [5.74, 6) is 2.22. The molecule has 1 aromatic carbocycles. The Hall–Kier alpha value is -1.20. The van der Waals surface area contributed by atoms with Crippen molar-refractivity contribution in [2.75, 3.05) is 6.54 Å². The van der Waals surface area contributed by atoms with Crippen molar-refractivity contribution in [1.82, 2.24) is 10.1 Å². The second-order valence-corrected chi connectivity index (χ2v) is 6.72. The van der Waals surface area contributed by atoms with Gasteiger partial charge in [-0.05, 0) is 56.0 Å². The van der Waals surface area contributed by atoms with Crippen LogP contribution in [-0.2, 0) is 0 Å². The largest absolute Gasteiger partial charge is 0.339 e. The summed E-state index contributed by atoms with van der Waals surface area (Å²) in [4.78, 5) is 4.64. The minimum absolute atomic E-state index is 0.320. The first kappa shape index (κ1) is 14.7. The summed E-state index contributed by atoms with van der Waals surface area (Å²) in [6, 6.07) is 6.09. The summed E-state index contributed by atoms with van der Waals surface area (Å²) in [6.45, 7) is 2.75. The summed E-state index contributed by atoms with van der Waals surface area (Å²) in [5.41, 5.74) is 8.05. The van der Waals surface area contributed by atoms with Gasteiger partial charge in [0.25, 0.3) is 0 Å². The summed E-state index contributed by atoms with van der Waals surface area (Å²) >= 11 is 3.48. The van der Waals surface area contributed by atoms with Crippen LogP contribution in [-0.4, -0.2) is 16.7 Å². The monoisotopic (exact) mass is 349 g/mol. The highest BCUT2D eigenvalue weighted by Gasteiger charge is 2.30. The maximum absolute atomic E-state index is 5.89. The normalized spacial score (nSPS) is 22.4. The Balaban J connectivity index is 1.89. The van der Waals surface area contributed by atoms with Crippen LogP contribution in [0.4, 0.5) is 0 Å². The molecule has 5 heteroatoms. The fraction of sp³-hybridized carbons (Fsp3) is 0.500. The van der Waals surface area contributed by atoms with Crippen molar-refractivity contribution in [2.45, 2.75) is 38.5 Å². The first-order valence-corrected chi connectivity index (χ1v) is 8.28. The van der Waals surface area contributed by atoms with Gasteiger partial charge in [0.15, 0.2) is 0 Å². The maximum atomic E-state index is 5.89. The van der Waals surface area contributed by atoms with Crippen molar-refractivity contribution in [2.24, 2.45) is 11.7 Å². The molecule has 0 aliphatic heterocycles. The molecule has 0 saturated heterocycles. The molecule has 2 N–H and O–H groups in total. The number of aromatic nitrogens is 2. The number of nitrogens with zero attached hydrogens (tertiary/aromatic N) is 2. The predicted molar refractivity (Wildman–Crippen MR) is 85.9 cm³/mol. The molecule has 112 valence electrons. The first-order chi connectivity index (χ1) is 10.2. The molecule has 3 rings (SSSR count). The highest BCUT2D eigenvalue weighted by Crippen LogP contribution is 2.37. The van der Waals surface area contributed by atoms with Crippen LogP contribution in [0.5, 0.6) is 0 Å². The van der Waals surface area contributed by atoms with Gasteiger partial charge in [0, 0.05) is 16.0 Å². The second-order valence-electron chi connectivity index (χ2n) is 5.80. The molecule has 1 aliphatic rings. The van der Waals surface area contributed by atoms with Crippen LogP contribution >= 0.6 is 15.9 Å². The van der Waals surface area contributed by atoms with Gasteiger partial charge in [-0.2, -0.15) is 4.98 Å². The van der Waals surface area contributed by atoms with E-state index in [1.165, 1.54) is 12.8 Å². The molecule has 0 spiro atoms. The molecular formula is C16H20BrN3O. The van der Waals surface area contributed by atoms with E-state index in [2.05, 4.69) is 39.1 Å². The first-order valence-electron chi connectivity index (χ1n) is 7.49.